The molecule has 0 amide bonds. The molecule has 0 bridgehead atoms. The molecule has 2 aromatic carbocycles. The van der Waals surface area contributed by atoms with Gasteiger partial charge in [-0.3, -0.25) is 0 Å². The lowest BCUT2D eigenvalue weighted by Gasteiger charge is -2.06. The highest BCUT2D eigenvalue weighted by Crippen LogP contribution is 2.25. The first-order chi connectivity index (χ1) is 8.24. The van der Waals surface area contributed by atoms with Crippen molar-refractivity contribution in [3.8, 4) is 29.5 Å². The van der Waals surface area contributed by atoms with Crippen LogP contribution in [0.5, 0.6) is 0 Å². The molecule has 0 unspecified atom stereocenters. The highest BCUT2D eigenvalue weighted by atomic mass is 14.2. The van der Waals surface area contributed by atoms with Crippen molar-refractivity contribution >= 4 is 0 Å². The monoisotopic (exact) mass is 217 g/mol. The third kappa shape index (κ3) is 2.19. The van der Waals surface area contributed by atoms with E-state index < -0.39 is 0 Å². The first-order valence-corrected chi connectivity index (χ1v) is 5.32. The van der Waals surface area contributed by atoms with Gasteiger partial charge in [-0.25, -0.2) is 0 Å². The van der Waals surface area contributed by atoms with Gasteiger partial charge in [0.25, 0.3) is 0 Å². The lowest BCUT2D eigenvalue weighted by atomic mass is 9.97. The second kappa shape index (κ2) is 4.56. The molecule has 0 saturated carbocycles. The van der Waals surface area contributed by atoms with Gasteiger partial charge in [-0.15, -0.1) is 6.42 Å². The van der Waals surface area contributed by atoms with Crippen LogP contribution >= 0.6 is 0 Å². The summed E-state index contributed by atoms with van der Waals surface area (Å²) in [6, 6.07) is 15.7. The Hall–Kier alpha value is -2.51. The molecule has 0 saturated heterocycles. The summed E-state index contributed by atoms with van der Waals surface area (Å²) in [6.45, 7) is 1.98. The fraction of sp³-hybridized carbons (Fsp3) is 0.0625. The van der Waals surface area contributed by atoms with Crippen LogP contribution in [0.4, 0.5) is 0 Å². The number of hydrogen-bond acceptors (Lipinski definition) is 1. The minimum atomic E-state index is 0.659. The van der Waals surface area contributed by atoms with Gasteiger partial charge in [0.1, 0.15) is 0 Å². The lowest BCUT2D eigenvalue weighted by Crippen LogP contribution is -1.87. The second-order valence-corrected chi connectivity index (χ2v) is 3.89. The van der Waals surface area contributed by atoms with Crippen molar-refractivity contribution in [3.05, 3.63) is 59.2 Å². The molecule has 0 aliphatic heterocycles. The average Bonchev–Trinajstić information content (AvgIpc) is 2.37. The van der Waals surface area contributed by atoms with E-state index in [0.29, 0.717) is 5.56 Å². The maximum atomic E-state index is 8.97. The largest absolute Gasteiger partial charge is 0.192 e. The van der Waals surface area contributed by atoms with Crippen LogP contribution in [0.1, 0.15) is 16.7 Å². The highest BCUT2D eigenvalue weighted by Gasteiger charge is 2.04. The number of aryl methyl sites for hydroxylation is 1. The van der Waals surface area contributed by atoms with E-state index in [-0.39, 0.29) is 0 Å². The predicted molar refractivity (Wildman–Crippen MR) is 69.3 cm³/mol. The molecule has 0 aromatic heterocycles. The quantitative estimate of drug-likeness (QED) is 0.670. The molecule has 0 aliphatic rings. The fourth-order valence-electron chi connectivity index (χ4n) is 1.86. The predicted octanol–water partition coefficient (Wildman–Crippen LogP) is 3.52. The molecule has 0 heterocycles. The maximum absolute atomic E-state index is 8.97. The van der Waals surface area contributed by atoms with Gasteiger partial charge in [0.2, 0.25) is 0 Å². The van der Waals surface area contributed by atoms with E-state index in [1.165, 1.54) is 0 Å². The number of benzene rings is 2. The Kier molecular flexibility index (Phi) is 2.95. The van der Waals surface area contributed by atoms with E-state index >= 15 is 0 Å². The Morgan fingerprint density at radius 3 is 2.59 bits per heavy atom. The third-order valence-corrected chi connectivity index (χ3v) is 2.60. The van der Waals surface area contributed by atoms with E-state index in [1.807, 2.05) is 49.4 Å². The molecule has 0 atom stereocenters. The first-order valence-electron chi connectivity index (χ1n) is 5.32. The summed E-state index contributed by atoms with van der Waals surface area (Å²) in [5, 5.41) is 8.97. The van der Waals surface area contributed by atoms with Gasteiger partial charge in [0.15, 0.2) is 0 Å². The average molecular weight is 217 g/mol. The van der Waals surface area contributed by atoms with E-state index in [0.717, 1.165) is 22.3 Å². The standard InChI is InChI=1S/C16H11N/c1-3-14-6-4-5-7-16(14)15-9-12(2)8-13(10-15)11-17/h1,4-10H,2H3. The van der Waals surface area contributed by atoms with Crippen LogP contribution in [0.15, 0.2) is 42.5 Å². The normalized spacial score (nSPS) is 9.35. The highest BCUT2D eigenvalue weighted by molar-refractivity contribution is 5.72. The van der Waals surface area contributed by atoms with Crippen LogP contribution in [0, 0.1) is 30.6 Å². The SMILES string of the molecule is C#Cc1ccccc1-c1cc(C)cc(C#N)c1. The van der Waals surface area contributed by atoms with Crippen molar-refractivity contribution < 1.29 is 0 Å². The van der Waals surface area contributed by atoms with Crippen LogP contribution in [-0.2, 0) is 0 Å². The zero-order valence-corrected chi connectivity index (χ0v) is 9.57. The van der Waals surface area contributed by atoms with Gasteiger partial charge in [0.05, 0.1) is 11.6 Å². The maximum Gasteiger partial charge on any atom is 0.0991 e. The Balaban J connectivity index is 2.66. The molecule has 0 aliphatic carbocycles. The number of hydrogen-bond donors (Lipinski definition) is 0. The van der Waals surface area contributed by atoms with Crippen LogP contribution < -0.4 is 0 Å². The van der Waals surface area contributed by atoms with Crippen molar-refractivity contribution in [1.82, 2.24) is 0 Å². The number of nitriles is 1. The van der Waals surface area contributed by atoms with Gasteiger partial charge in [-0.2, -0.15) is 5.26 Å². The Labute approximate surface area is 101 Å². The van der Waals surface area contributed by atoms with E-state index in [2.05, 4.69) is 12.0 Å². The molecule has 0 fully saturated rings. The van der Waals surface area contributed by atoms with Gasteiger partial charge >= 0.3 is 0 Å². The second-order valence-electron chi connectivity index (χ2n) is 3.89. The van der Waals surface area contributed by atoms with Crippen LogP contribution in [0.2, 0.25) is 0 Å². The lowest BCUT2D eigenvalue weighted by molar-refractivity contribution is 1.41. The molecule has 0 radical (unpaired) electrons. The zero-order valence-electron chi connectivity index (χ0n) is 9.57. The number of nitrogens with zero attached hydrogens (tertiary/aromatic N) is 1. The fourth-order valence-corrected chi connectivity index (χ4v) is 1.86. The zero-order chi connectivity index (χ0) is 12.3. The van der Waals surface area contributed by atoms with Crippen LogP contribution in [0.25, 0.3) is 11.1 Å². The molecule has 0 N–H and O–H groups in total. The topological polar surface area (TPSA) is 23.8 Å². The Morgan fingerprint density at radius 1 is 1.12 bits per heavy atom. The van der Waals surface area contributed by atoms with Crippen molar-refractivity contribution in [2.24, 2.45) is 0 Å². The van der Waals surface area contributed by atoms with Crippen molar-refractivity contribution in [2.45, 2.75) is 6.92 Å². The summed E-state index contributed by atoms with van der Waals surface area (Å²) >= 11 is 0. The smallest absolute Gasteiger partial charge is 0.0991 e. The Bertz CT molecular complexity index is 639. The van der Waals surface area contributed by atoms with Crippen molar-refractivity contribution in [3.63, 3.8) is 0 Å². The summed E-state index contributed by atoms with van der Waals surface area (Å²) < 4.78 is 0. The third-order valence-electron chi connectivity index (χ3n) is 2.60. The molecule has 1 nitrogen and oxygen atoms in total. The minimum absolute atomic E-state index is 0.659. The minimum Gasteiger partial charge on any atom is -0.192 e. The molecule has 0 spiro atoms. The van der Waals surface area contributed by atoms with E-state index in [9.17, 15) is 0 Å². The molecule has 80 valence electrons. The molecule has 17 heavy (non-hydrogen) atoms. The van der Waals surface area contributed by atoms with Gasteiger partial charge in [-0.05, 0) is 41.8 Å². The molecular formula is C16H11N. The molecule has 2 aromatic rings. The van der Waals surface area contributed by atoms with E-state index in [1.54, 1.807) is 0 Å². The number of rotatable bonds is 1. The number of terminal acetylenes is 1. The summed E-state index contributed by atoms with van der Waals surface area (Å²) in [5.41, 5.74) is 4.56. The summed E-state index contributed by atoms with van der Waals surface area (Å²) in [7, 11) is 0. The van der Waals surface area contributed by atoms with Gasteiger partial charge in [-0.1, -0.05) is 30.2 Å². The van der Waals surface area contributed by atoms with Gasteiger partial charge < -0.3 is 0 Å². The van der Waals surface area contributed by atoms with Crippen LogP contribution in [-0.4, -0.2) is 0 Å². The van der Waals surface area contributed by atoms with Crippen molar-refractivity contribution in [2.75, 3.05) is 0 Å². The van der Waals surface area contributed by atoms with Gasteiger partial charge in [0, 0.05) is 5.56 Å². The molecular weight excluding hydrogens is 206 g/mol. The van der Waals surface area contributed by atoms with Crippen LogP contribution in [0.3, 0.4) is 0 Å². The van der Waals surface area contributed by atoms with E-state index in [4.69, 9.17) is 11.7 Å². The summed E-state index contributed by atoms with van der Waals surface area (Å²) in [6.07, 6.45) is 5.48. The first kappa shape index (κ1) is 11.0. The summed E-state index contributed by atoms with van der Waals surface area (Å²) in [4.78, 5) is 0. The molecule has 2 rings (SSSR count). The Morgan fingerprint density at radius 2 is 1.88 bits per heavy atom. The molecule has 1 heteroatoms. The summed E-state index contributed by atoms with van der Waals surface area (Å²) in [5.74, 6) is 2.67. The van der Waals surface area contributed by atoms with Crippen molar-refractivity contribution in [1.29, 1.82) is 5.26 Å².